The molecule has 4 N–H and O–H groups in total. The lowest BCUT2D eigenvalue weighted by Crippen LogP contribution is -2.57. The summed E-state index contributed by atoms with van der Waals surface area (Å²) in [4.78, 5) is 16.0. The van der Waals surface area contributed by atoms with Gasteiger partial charge in [0.05, 0.1) is 29.0 Å². The molecular weight excluding hydrogens is 328 g/mol. The number of aromatic carboxylic acids is 1. The quantitative estimate of drug-likeness (QED) is 0.684. The summed E-state index contributed by atoms with van der Waals surface area (Å²) in [5, 5.41) is 19.8. The zero-order valence-corrected chi connectivity index (χ0v) is 14.5. The van der Waals surface area contributed by atoms with Gasteiger partial charge in [-0.15, -0.1) is 0 Å². The van der Waals surface area contributed by atoms with Crippen LogP contribution in [0.3, 0.4) is 0 Å². The van der Waals surface area contributed by atoms with E-state index in [1.807, 2.05) is 24.3 Å². The fourth-order valence-corrected chi connectivity index (χ4v) is 3.64. The second-order valence-corrected chi connectivity index (χ2v) is 6.80. The van der Waals surface area contributed by atoms with Crippen molar-refractivity contribution in [2.24, 2.45) is 4.99 Å². The van der Waals surface area contributed by atoms with Gasteiger partial charge < -0.3 is 21.1 Å². The number of hydrogen-bond acceptors (Lipinski definition) is 4. The molecule has 1 spiro atoms. The van der Waals surface area contributed by atoms with Crippen LogP contribution < -0.4 is 16.0 Å². The number of carboxylic acids is 1. The number of carboxylic acid groups (broad SMARTS) is 1. The lowest BCUT2D eigenvalue weighted by molar-refractivity contribution is 0.0696. The van der Waals surface area contributed by atoms with Gasteiger partial charge in [0.1, 0.15) is 5.84 Å². The minimum absolute atomic E-state index is 0.204. The fourth-order valence-electron chi connectivity index (χ4n) is 3.64. The Hall–Kier alpha value is -2.86. The lowest BCUT2D eigenvalue weighted by atomic mass is 9.84. The van der Waals surface area contributed by atoms with Crippen LogP contribution in [-0.2, 0) is 6.54 Å². The van der Waals surface area contributed by atoms with Crippen LogP contribution in [0.15, 0.2) is 53.5 Å². The first kappa shape index (κ1) is 16.6. The van der Waals surface area contributed by atoms with Crippen LogP contribution >= 0.6 is 0 Å². The van der Waals surface area contributed by atoms with Crippen molar-refractivity contribution >= 4 is 23.2 Å². The van der Waals surface area contributed by atoms with Gasteiger partial charge in [0.2, 0.25) is 0 Å². The fraction of sp³-hybridized carbons (Fsp3) is 0.300. The number of fused-ring (bicyclic) bond motifs is 1. The third-order valence-electron chi connectivity index (χ3n) is 5.06. The van der Waals surface area contributed by atoms with Gasteiger partial charge in [-0.25, -0.2) is 4.79 Å². The summed E-state index contributed by atoms with van der Waals surface area (Å²) >= 11 is 0. The normalized spacial score (nSPS) is 19.5. The molecule has 2 aromatic carbocycles. The smallest absolute Gasteiger partial charge is 0.335 e. The zero-order valence-electron chi connectivity index (χ0n) is 14.5. The number of anilines is 2. The molecule has 1 saturated heterocycles. The van der Waals surface area contributed by atoms with E-state index in [-0.39, 0.29) is 5.54 Å². The van der Waals surface area contributed by atoms with Crippen molar-refractivity contribution in [2.45, 2.75) is 24.9 Å². The Bertz CT molecular complexity index is 856. The molecule has 0 atom stereocenters. The van der Waals surface area contributed by atoms with Crippen LogP contribution in [0.5, 0.6) is 0 Å². The number of para-hydroxylation sites is 2. The molecule has 2 heterocycles. The first-order valence-corrected chi connectivity index (χ1v) is 8.88. The third-order valence-corrected chi connectivity index (χ3v) is 5.06. The molecule has 0 amide bonds. The molecule has 2 aromatic rings. The highest BCUT2D eigenvalue weighted by Crippen LogP contribution is 2.35. The number of benzene rings is 2. The molecule has 2 aliphatic rings. The van der Waals surface area contributed by atoms with Crippen molar-refractivity contribution in [1.29, 1.82) is 0 Å². The second kappa shape index (κ2) is 6.80. The molecule has 26 heavy (non-hydrogen) atoms. The molecule has 0 aromatic heterocycles. The van der Waals surface area contributed by atoms with Crippen molar-refractivity contribution in [3.8, 4) is 0 Å². The summed E-state index contributed by atoms with van der Waals surface area (Å²) in [6.45, 7) is 2.32. The summed E-state index contributed by atoms with van der Waals surface area (Å²) in [7, 11) is 0. The summed E-state index contributed by atoms with van der Waals surface area (Å²) in [5.74, 6) is 0.0131. The highest BCUT2D eigenvalue weighted by molar-refractivity contribution is 6.09. The van der Waals surface area contributed by atoms with Crippen molar-refractivity contribution < 1.29 is 9.90 Å². The van der Waals surface area contributed by atoms with Crippen LogP contribution in [0, 0.1) is 0 Å². The Morgan fingerprint density at radius 2 is 1.85 bits per heavy atom. The van der Waals surface area contributed by atoms with Crippen LogP contribution in [0.1, 0.15) is 28.8 Å². The van der Waals surface area contributed by atoms with Gasteiger partial charge in [-0.2, -0.15) is 0 Å². The highest BCUT2D eigenvalue weighted by Gasteiger charge is 2.40. The van der Waals surface area contributed by atoms with Gasteiger partial charge >= 0.3 is 5.97 Å². The molecule has 6 heteroatoms. The SMILES string of the molecule is O=C(O)c1cccc(CN=C2Nc3ccccc3NC23CCNCC3)c1. The number of piperidine rings is 1. The van der Waals surface area contributed by atoms with E-state index in [9.17, 15) is 4.79 Å². The molecular formula is C20H22N4O2. The van der Waals surface area contributed by atoms with Crippen molar-refractivity contribution in [2.75, 3.05) is 23.7 Å². The van der Waals surface area contributed by atoms with E-state index in [0.29, 0.717) is 12.1 Å². The first-order chi connectivity index (χ1) is 12.7. The topological polar surface area (TPSA) is 85.8 Å². The van der Waals surface area contributed by atoms with Gasteiger partial charge in [0.25, 0.3) is 0 Å². The standard InChI is InChI=1S/C20H22N4O2/c25-18(26)15-5-3-4-14(12-15)13-22-19-20(8-10-21-11-9-20)24-17-7-2-1-6-16(17)23-19/h1-7,12,21,24H,8-11,13H2,(H,22,23)(H,25,26). The Balaban J connectivity index is 1.65. The number of aliphatic imine (C=N–C) groups is 1. The monoisotopic (exact) mass is 350 g/mol. The maximum Gasteiger partial charge on any atom is 0.335 e. The lowest BCUT2D eigenvalue weighted by Gasteiger charge is -2.44. The van der Waals surface area contributed by atoms with E-state index in [4.69, 9.17) is 10.1 Å². The molecule has 4 rings (SSSR count). The summed E-state index contributed by atoms with van der Waals surface area (Å²) in [5.41, 5.74) is 3.10. The maximum absolute atomic E-state index is 11.2. The second-order valence-electron chi connectivity index (χ2n) is 6.80. The first-order valence-electron chi connectivity index (χ1n) is 8.88. The highest BCUT2D eigenvalue weighted by atomic mass is 16.4. The largest absolute Gasteiger partial charge is 0.478 e. The molecule has 1 fully saturated rings. The van der Waals surface area contributed by atoms with Crippen molar-refractivity contribution in [3.05, 3.63) is 59.7 Å². The van der Waals surface area contributed by atoms with Crippen LogP contribution in [0.25, 0.3) is 0 Å². The van der Waals surface area contributed by atoms with E-state index in [0.717, 1.165) is 48.7 Å². The minimum Gasteiger partial charge on any atom is -0.478 e. The van der Waals surface area contributed by atoms with Crippen LogP contribution in [0.4, 0.5) is 11.4 Å². The van der Waals surface area contributed by atoms with Crippen LogP contribution in [-0.4, -0.2) is 35.5 Å². The van der Waals surface area contributed by atoms with Gasteiger partial charge in [-0.1, -0.05) is 24.3 Å². The summed E-state index contributed by atoms with van der Waals surface area (Å²) in [6, 6.07) is 15.1. The maximum atomic E-state index is 11.2. The zero-order chi connectivity index (χ0) is 18.0. The predicted octanol–water partition coefficient (Wildman–Crippen LogP) is 2.94. The molecule has 6 nitrogen and oxygen atoms in total. The molecule has 134 valence electrons. The van der Waals surface area contributed by atoms with E-state index in [2.05, 4.69) is 22.0 Å². The van der Waals surface area contributed by atoms with E-state index < -0.39 is 5.97 Å². The Morgan fingerprint density at radius 3 is 2.62 bits per heavy atom. The predicted molar refractivity (Wildman–Crippen MR) is 103 cm³/mol. The van der Waals surface area contributed by atoms with Gasteiger partial charge in [0.15, 0.2) is 0 Å². The Kier molecular flexibility index (Phi) is 4.34. The number of hydrogen-bond donors (Lipinski definition) is 4. The average Bonchev–Trinajstić information content (AvgIpc) is 2.67. The average molecular weight is 350 g/mol. The number of amidine groups is 1. The molecule has 0 radical (unpaired) electrons. The Morgan fingerprint density at radius 1 is 1.08 bits per heavy atom. The number of rotatable bonds is 3. The van der Waals surface area contributed by atoms with Crippen molar-refractivity contribution in [1.82, 2.24) is 5.32 Å². The van der Waals surface area contributed by atoms with Crippen LogP contribution in [0.2, 0.25) is 0 Å². The van der Waals surface area contributed by atoms with E-state index in [1.54, 1.807) is 18.2 Å². The number of carbonyl (C=O) groups is 1. The summed E-state index contributed by atoms with van der Waals surface area (Å²) < 4.78 is 0. The van der Waals surface area contributed by atoms with E-state index in [1.165, 1.54) is 0 Å². The molecule has 2 aliphatic heterocycles. The number of nitrogens with one attached hydrogen (secondary N) is 3. The number of nitrogens with zero attached hydrogens (tertiary/aromatic N) is 1. The molecule has 0 unspecified atom stereocenters. The van der Waals surface area contributed by atoms with E-state index >= 15 is 0 Å². The summed E-state index contributed by atoms with van der Waals surface area (Å²) in [6.07, 6.45) is 1.89. The molecule has 0 bridgehead atoms. The van der Waals surface area contributed by atoms with Gasteiger partial charge in [-0.3, -0.25) is 4.99 Å². The van der Waals surface area contributed by atoms with Crippen molar-refractivity contribution in [3.63, 3.8) is 0 Å². The van der Waals surface area contributed by atoms with Gasteiger partial charge in [-0.05, 0) is 55.8 Å². The minimum atomic E-state index is -0.916. The molecule has 0 saturated carbocycles. The molecule has 0 aliphatic carbocycles. The Labute approximate surface area is 152 Å². The third kappa shape index (κ3) is 3.15. The van der Waals surface area contributed by atoms with Gasteiger partial charge in [0, 0.05) is 0 Å².